The van der Waals surface area contributed by atoms with Gasteiger partial charge in [-0.05, 0) is 29.0 Å². The Bertz CT molecular complexity index is 606. The Morgan fingerprint density at radius 2 is 2.00 bits per heavy atom. The lowest BCUT2D eigenvalue weighted by Gasteiger charge is -2.29. The van der Waals surface area contributed by atoms with E-state index >= 15 is 0 Å². The molecular formula is C16H18N2O2. The lowest BCUT2D eigenvalue weighted by atomic mass is 9.76. The number of carbonyl (C=O) groups is 2. The molecule has 0 aliphatic carbocycles. The molecule has 1 fully saturated rings. The van der Waals surface area contributed by atoms with Gasteiger partial charge in [0, 0.05) is 6.42 Å². The van der Waals surface area contributed by atoms with Crippen molar-refractivity contribution in [3.05, 3.63) is 34.9 Å². The normalized spacial score (nSPS) is 19.4. The van der Waals surface area contributed by atoms with Gasteiger partial charge in [-0.25, -0.2) is 0 Å². The van der Waals surface area contributed by atoms with Crippen LogP contribution < -0.4 is 5.32 Å². The maximum absolute atomic E-state index is 12.1. The van der Waals surface area contributed by atoms with Crippen molar-refractivity contribution in [3.63, 3.8) is 0 Å². The molecule has 1 aliphatic rings. The maximum atomic E-state index is 12.1. The molecule has 0 bridgehead atoms. The lowest BCUT2D eigenvalue weighted by molar-refractivity contribution is -0.134. The monoisotopic (exact) mass is 270 g/mol. The molecule has 1 unspecified atom stereocenters. The predicted octanol–water partition coefficient (Wildman–Crippen LogP) is 2.38. The lowest BCUT2D eigenvalue weighted by Crippen LogP contribution is -2.40. The summed E-state index contributed by atoms with van der Waals surface area (Å²) in [5.41, 5.74) is 2.12. The van der Waals surface area contributed by atoms with Gasteiger partial charge in [-0.1, -0.05) is 32.9 Å². The fourth-order valence-electron chi connectivity index (χ4n) is 2.66. The zero-order valence-electron chi connectivity index (χ0n) is 12.0. The van der Waals surface area contributed by atoms with Crippen molar-refractivity contribution in [2.45, 2.75) is 44.9 Å². The molecular weight excluding hydrogens is 252 g/mol. The molecule has 1 heterocycles. The first-order valence-corrected chi connectivity index (χ1v) is 6.72. The second-order valence-corrected chi connectivity index (χ2v) is 6.13. The molecule has 0 radical (unpaired) electrons. The maximum Gasteiger partial charge on any atom is 0.234 e. The summed E-state index contributed by atoms with van der Waals surface area (Å²) in [6.07, 6.45) is 0.784. The van der Waals surface area contributed by atoms with Gasteiger partial charge >= 0.3 is 0 Å². The average molecular weight is 270 g/mol. The predicted molar refractivity (Wildman–Crippen MR) is 75.0 cm³/mol. The van der Waals surface area contributed by atoms with Crippen LogP contribution in [0.15, 0.2) is 18.2 Å². The van der Waals surface area contributed by atoms with Crippen LogP contribution in [0.1, 0.15) is 56.2 Å². The standard InChI is InChI=1S/C16H18N2O2/c1-16(2,3)12-6-4-5-10(9-17)14(12)11-7-8-13(19)18-15(11)20/h4-6,11H,7-8H2,1-3H3,(H,18,19,20). The van der Waals surface area contributed by atoms with E-state index < -0.39 is 5.92 Å². The molecule has 4 nitrogen and oxygen atoms in total. The molecule has 1 aliphatic heterocycles. The Morgan fingerprint density at radius 1 is 1.30 bits per heavy atom. The van der Waals surface area contributed by atoms with Crippen LogP contribution in [0.4, 0.5) is 0 Å². The first-order chi connectivity index (χ1) is 9.34. The number of nitriles is 1. The van der Waals surface area contributed by atoms with Crippen LogP contribution >= 0.6 is 0 Å². The number of nitrogens with one attached hydrogen (secondary N) is 1. The van der Waals surface area contributed by atoms with Crippen molar-refractivity contribution < 1.29 is 9.59 Å². The van der Waals surface area contributed by atoms with Gasteiger partial charge in [0.05, 0.1) is 17.6 Å². The van der Waals surface area contributed by atoms with Crippen LogP contribution in [0.3, 0.4) is 0 Å². The third-order valence-corrected chi connectivity index (χ3v) is 3.62. The zero-order valence-corrected chi connectivity index (χ0v) is 12.0. The second kappa shape index (κ2) is 5.09. The molecule has 1 saturated heterocycles. The van der Waals surface area contributed by atoms with Crippen LogP contribution in [0.25, 0.3) is 0 Å². The smallest absolute Gasteiger partial charge is 0.234 e. The van der Waals surface area contributed by atoms with Crippen molar-refractivity contribution in [2.24, 2.45) is 0 Å². The van der Waals surface area contributed by atoms with E-state index in [4.69, 9.17) is 0 Å². The van der Waals surface area contributed by atoms with Gasteiger partial charge in [0.15, 0.2) is 0 Å². The quantitative estimate of drug-likeness (QED) is 0.796. The van der Waals surface area contributed by atoms with Gasteiger partial charge < -0.3 is 0 Å². The van der Waals surface area contributed by atoms with Gasteiger partial charge in [0.2, 0.25) is 11.8 Å². The molecule has 1 aromatic carbocycles. The fourth-order valence-corrected chi connectivity index (χ4v) is 2.66. The Labute approximate surface area is 118 Å². The third-order valence-electron chi connectivity index (χ3n) is 3.62. The van der Waals surface area contributed by atoms with Gasteiger partial charge in [0.25, 0.3) is 0 Å². The number of piperidine rings is 1. The first kappa shape index (κ1) is 14.3. The topological polar surface area (TPSA) is 70.0 Å². The molecule has 20 heavy (non-hydrogen) atoms. The first-order valence-electron chi connectivity index (χ1n) is 6.72. The van der Waals surface area contributed by atoms with Crippen molar-refractivity contribution in [3.8, 4) is 6.07 Å². The van der Waals surface area contributed by atoms with Crippen LogP contribution in [0.5, 0.6) is 0 Å². The minimum atomic E-state index is -0.419. The molecule has 0 aromatic heterocycles. The van der Waals surface area contributed by atoms with Crippen molar-refractivity contribution in [2.75, 3.05) is 0 Å². The third kappa shape index (κ3) is 2.57. The van der Waals surface area contributed by atoms with Crippen LogP contribution in [0, 0.1) is 11.3 Å². The highest BCUT2D eigenvalue weighted by atomic mass is 16.2. The number of amides is 2. The Kier molecular flexibility index (Phi) is 3.63. The highest BCUT2D eigenvalue weighted by molar-refractivity contribution is 6.01. The molecule has 1 aromatic rings. The van der Waals surface area contributed by atoms with Crippen molar-refractivity contribution in [1.29, 1.82) is 5.26 Å². The molecule has 1 atom stereocenters. The Hall–Kier alpha value is -2.15. The average Bonchev–Trinajstić information content (AvgIpc) is 2.37. The highest BCUT2D eigenvalue weighted by Crippen LogP contribution is 2.36. The van der Waals surface area contributed by atoms with E-state index in [1.54, 1.807) is 6.07 Å². The number of carbonyl (C=O) groups excluding carboxylic acids is 2. The van der Waals surface area contributed by atoms with Gasteiger partial charge in [0.1, 0.15) is 0 Å². The molecule has 4 heteroatoms. The molecule has 1 N–H and O–H groups in total. The SMILES string of the molecule is CC(C)(C)c1cccc(C#N)c1C1CCC(=O)NC1=O. The summed E-state index contributed by atoms with van der Waals surface area (Å²) >= 11 is 0. The number of hydrogen-bond acceptors (Lipinski definition) is 3. The van der Waals surface area contributed by atoms with E-state index in [1.807, 2.05) is 12.1 Å². The number of benzene rings is 1. The summed E-state index contributed by atoms with van der Waals surface area (Å²) in [5, 5.41) is 11.7. The molecule has 0 saturated carbocycles. The fraction of sp³-hybridized carbons (Fsp3) is 0.438. The highest BCUT2D eigenvalue weighted by Gasteiger charge is 2.33. The Morgan fingerprint density at radius 3 is 2.55 bits per heavy atom. The van der Waals surface area contributed by atoms with Crippen molar-refractivity contribution >= 4 is 11.8 Å². The number of nitrogens with zero attached hydrogens (tertiary/aromatic N) is 1. The number of hydrogen-bond donors (Lipinski definition) is 1. The molecule has 2 amide bonds. The van der Waals surface area contributed by atoms with E-state index in [9.17, 15) is 14.9 Å². The van der Waals surface area contributed by atoms with Crippen LogP contribution in [0.2, 0.25) is 0 Å². The second-order valence-electron chi connectivity index (χ2n) is 6.13. The van der Waals surface area contributed by atoms with E-state index in [0.717, 1.165) is 11.1 Å². The minimum Gasteiger partial charge on any atom is -0.296 e. The molecule has 0 spiro atoms. The van der Waals surface area contributed by atoms with Crippen molar-refractivity contribution in [1.82, 2.24) is 5.32 Å². The molecule has 2 rings (SSSR count). The summed E-state index contributed by atoms with van der Waals surface area (Å²) < 4.78 is 0. The largest absolute Gasteiger partial charge is 0.296 e. The minimum absolute atomic E-state index is 0.163. The summed E-state index contributed by atoms with van der Waals surface area (Å²) in [4.78, 5) is 23.4. The summed E-state index contributed by atoms with van der Waals surface area (Å²) in [5.74, 6) is -0.953. The van der Waals surface area contributed by atoms with Crippen LogP contribution in [-0.2, 0) is 15.0 Å². The van der Waals surface area contributed by atoms with Crippen LogP contribution in [-0.4, -0.2) is 11.8 Å². The number of imide groups is 1. The zero-order chi connectivity index (χ0) is 14.9. The van der Waals surface area contributed by atoms with Gasteiger partial charge in [-0.3, -0.25) is 14.9 Å². The van der Waals surface area contributed by atoms with E-state index in [0.29, 0.717) is 18.4 Å². The van der Waals surface area contributed by atoms with E-state index in [-0.39, 0.29) is 17.2 Å². The summed E-state index contributed by atoms with van der Waals surface area (Å²) in [6, 6.07) is 7.70. The van der Waals surface area contributed by atoms with Gasteiger partial charge in [-0.2, -0.15) is 5.26 Å². The molecule has 104 valence electrons. The summed E-state index contributed by atoms with van der Waals surface area (Å²) in [7, 11) is 0. The van der Waals surface area contributed by atoms with Gasteiger partial charge in [-0.15, -0.1) is 0 Å². The van der Waals surface area contributed by atoms with E-state index in [1.165, 1.54) is 0 Å². The Balaban J connectivity index is 2.58. The number of rotatable bonds is 1. The summed E-state index contributed by atoms with van der Waals surface area (Å²) in [6.45, 7) is 6.16. The van der Waals surface area contributed by atoms with E-state index in [2.05, 4.69) is 32.2 Å².